The lowest BCUT2D eigenvalue weighted by atomic mass is 9.86. The van der Waals surface area contributed by atoms with E-state index in [4.69, 9.17) is 0 Å². The number of nitrogens with one attached hydrogen (secondary N) is 2. The number of hydrogen-bond donors (Lipinski definition) is 2. The number of halogens is 1. The van der Waals surface area contributed by atoms with Gasteiger partial charge in [-0.25, -0.2) is 0 Å². The fraction of sp³-hybridized carbons (Fsp3) is 0.222. The van der Waals surface area contributed by atoms with Gasteiger partial charge in [-0.1, -0.05) is 30.3 Å². The number of aromatic amines is 1. The quantitative estimate of drug-likeness (QED) is 0.692. The molecule has 1 atom stereocenters. The second-order valence-corrected chi connectivity index (χ2v) is 5.54. The molecule has 2 aromatic carbocycles. The minimum absolute atomic E-state index is 0. The summed E-state index contributed by atoms with van der Waals surface area (Å²) in [6.07, 6.45) is 3.17. The predicted octanol–water partition coefficient (Wildman–Crippen LogP) is 4.21. The topological polar surface area (TPSA) is 27.8 Å². The third-order valence-electron chi connectivity index (χ3n) is 4.34. The lowest BCUT2D eigenvalue weighted by molar-refractivity contribution is 0.647. The highest BCUT2D eigenvalue weighted by Crippen LogP contribution is 2.33. The first kappa shape index (κ1) is 14.2. The third-order valence-corrected chi connectivity index (χ3v) is 4.34. The Balaban J connectivity index is 0.00000132. The molecule has 0 fully saturated rings. The highest BCUT2D eigenvalue weighted by atomic mass is 35.5. The molecule has 2 N–H and O–H groups in total. The van der Waals surface area contributed by atoms with Crippen LogP contribution in [0.2, 0.25) is 0 Å². The number of aromatic nitrogens is 1. The summed E-state index contributed by atoms with van der Waals surface area (Å²) in [6.45, 7) is 2.06. The van der Waals surface area contributed by atoms with Crippen molar-refractivity contribution in [2.24, 2.45) is 0 Å². The van der Waals surface area contributed by atoms with Crippen molar-refractivity contribution >= 4 is 23.3 Å². The maximum atomic E-state index is 3.53. The van der Waals surface area contributed by atoms with Crippen molar-refractivity contribution < 1.29 is 0 Å². The maximum absolute atomic E-state index is 3.53. The first-order valence-corrected chi connectivity index (χ1v) is 7.27. The zero-order valence-electron chi connectivity index (χ0n) is 11.8. The molecule has 0 radical (unpaired) electrons. The highest BCUT2D eigenvalue weighted by Gasteiger charge is 2.19. The van der Waals surface area contributed by atoms with Gasteiger partial charge in [0.25, 0.3) is 0 Å². The fourth-order valence-electron chi connectivity index (χ4n) is 3.29. The molecule has 21 heavy (non-hydrogen) atoms. The Morgan fingerprint density at radius 1 is 1.00 bits per heavy atom. The lowest BCUT2D eigenvalue weighted by Crippen LogP contribution is -2.12. The summed E-state index contributed by atoms with van der Waals surface area (Å²) in [7, 11) is 0. The van der Waals surface area contributed by atoms with E-state index in [0.29, 0.717) is 5.92 Å². The smallest absolute Gasteiger partial charge is 0.0454 e. The van der Waals surface area contributed by atoms with Crippen LogP contribution in [-0.2, 0) is 6.54 Å². The van der Waals surface area contributed by atoms with E-state index in [0.717, 1.165) is 19.5 Å². The van der Waals surface area contributed by atoms with Crippen molar-refractivity contribution in [3.8, 4) is 0 Å². The zero-order valence-corrected chi connectivity index (χ0v) is 12.6. The molecule has 1 aromatic heterocycles. The molecule has 0 amide bonds. The Labute approximate surface area is 131 Å². The summed E-state index contributed by atoms with van der Waals surface area (Å²) < 4.78 is 0. The van der Waals surface area contributed by atoms with Crippen LogP contribution in [0.25, 0.3) is 10.9 Å². The predicted molar refractivity (Wildman–Crippen MR) is 90.2 cm³/mol. The molecule has 0 saturated carbocycles. The summed E-state index contributed by atoms with van der Waals surface area (Å²) >= 11 is 0. The molecule has 2 nitrogen and oxygen atoms in total. The summed E-state index contributed by atoms with van der Waals surface area (Å²) in [5.74, 6) is 0.500. The average molecular weight is 299 g/mol. The van der Waals surface area contributed by atoms with Gasteiger partial charge in [-0.05, 0) is 53.2 Å². The normalized spacial score (nSPS) is 17.8. The molecule has 1 aliphatic heterocycles. The standard InChI is InChI=1S/C18H18N2.ClH/c1-2-4-16-15(3-1)12-19-9-8-17(16)13-5-6-18-14(11-13)7-10-20-18;/h1-7,10-11,17,19-20H,8-9,12H2;1H. The van der Waals surface area contributed by atoms with Crippen LogP contribution in [0.4, 0.5) is 0 Å². The Bertz CT molecular complexity index is 748. The van der Waals surface area contributed by atoms with Gasteiger partial charge < -0.3 is 10.3 Å². The van der Waals surface area contributed by atoms with Crippen LogP contribution in [0.1, 0.15) is 29.0 Å². The first-order valence-electron chi connectivity index (χ1n) is 7.27. The highest BCUT2D eigenvalue weighted by molar-refractivity contribution is 5.85. The molecule has 1 unspecified atom stereocenters. The first-order chi connectivity index (χ1) is 9.92. The number of benzene rings is 2. The number of H-pyrrole nitrogens is 1. The molecule has 3 aromatic rings. The molecule has 2 heterocycles. The van der Waals surface area contributed by atoms with Crippen molar-refractivity contribution in [3.63, 3.8) is 0 Å². The van der Waals surface area contributed by atoms with Gasteiger partial charge in [-0.15, -0.1) is 12.4 Å². The Kier molecular flexibility index (Phi) is 4.00. The van der Waals surface area contributed by atoms with Crippen LogP contribution >= 0.6 is 12.4 Å². The van der Waals surface area contributed by atoms with Crippen molar-refractivity contribution in [3.05, 3.63) is 71.4 Å². The summed E-state index contributed by atoms with van der Waals surface area (Å²) in [5, 5.41) is 4.83. The second-order valence-electron chi connectivity index (χ2n) is 5.54. The Hall–Kier alpha value is -1.77. The van der Waals surface area contributed by atoms with Crippen LogP contribution in [0, 0.1) is 0 Å². The minimum atomic E-state index is 0. The number of hydrogen-bond acceptors (Lipinski definition) is 1. The molecule has 0 bridgehead atoms. The van der Waals surface area contributed by atoms with Gasteiger partial charge in [0.1, 0.15) is 0 Å². The molecular formula is C18H19ClN2. The van der Waals surface area contributed by atoms with Gasteiger partial charge in [-0.2, -0.15) is 0 Å². The summed E-state index contributed by atoms with van der Waals surface area (Å²) in [6, 6.07) is 17.8. The van der Waals surface area contributed by atoms with Gasteiger partial charge in [0.15, 0.2) is 0 Å². The van der Waals surface area contributed by atoms with Crippen LogP contribution in [0.5, 0.6) is 0 Å². The largest absolute Gasteiger partial charge is 0.361 e. The van der Waals surface area contributed by atoms with Crippen LogP contribution in [0.15, 0.2) is 54.7 Å². The van der Waals surface area contributed by atoms with E-state index in [1.165, 1.54) is 27.6 Å². The second kappa shape index (κ2) is 5.92. The molecule has 1 aliphatic rings. The van der Waals surface area contributed by atoms with E-state index in [1.54, 1.807) is 0 Å². The number of rotatable bonds is 1. The fourth-order valence-corrected chi connectivity index (χ4v) is 3.29. The molecule has 3 heteroatoms. The molecule has 0 saturated heterocycles. The van der Waals surface area contributed by atoms with Gasteiger partial charge in [0.2, 0.25) is 0 Å². The van der Waals surface area contributed by atoms with Crippen LogP contribution in [-0.4, -0.2) is 11.5 Å². The van der Waals surface area contributed by atoms with Crippen molar-refractivity contribution in [2.45, 2.75) is 18.9 Å². The number of fused-ring (bicyclic) bond motifs is 2. The van der Waals surface area contributed by atoms with E-state index in [2.05, 4.69) is 58.8 Å². The third kappa shape index (κ3) is 2.57. The van der Waals surface area contributed by atoms with Crippen molar-refractivity contribution in [1.29, 1.82) is 0 Å². The molecule has 0 spiro atoms. The molecule has 108 valence electrons. The van der Waals surface area contributed by atoms with Crippen molar-refractivity contribution in [1.82, 2.24) is 10.3 Å². The summed E-state index contributed by atoms with van der Waals surface area (Å²) in [5.41, 5.74) is 5.55. The van der Waals surface area contributed by atoms with Crippen molar-refractivity contribution in [2.75, 3.05) is 6.54 Å². The van der Waals surface area contributed by atoms with Gasteiger partial charge >= 0.3 is 0 Å². The van der Waals surface area contributed by atoms with E-state index >= 15 is 0 Å². The average Bonchev–Trinajstić information content (AvgIpc) is 2.85. The lowest BCUT2D eigenvalue weighted by Gasteiger charge is -2.18. The summed E-state index contributed by atoms with van der Waals surface area (Å²) in [4.78, 5) is 3.27. The van der Waals surface area contributed by atoms with E-state index in [1.807, 2.05) is 6.20 Å². The van der Waals surface area contributed by atoms with E-state index in [9.17, 15) is 0 Å². The molecule has 0 aliphatic carbocycles. The maximum Gasteiger partial charge on any atom is 0.0454 e. The molecular weight excluding hydrogens is 280 g/mol. The van der Waals surface area contributed by atoms with Crippen LogP contribution < -0.4 is 5.32 Å². The van der Waals surface area contributed by atoms with Gasteiger partial charge in [0, 0.05) is 24.2 Å². The van der Waals surface area contributed by atoms with Gasteiger partial charge in [0.05, 0.1) is 0 Å². The minimum Gasteiger partial charge on any atom is -0.361 e. The zero-order chi connectivity index (χ0) is 13.4. The van der Waals surface area contributed by atoms with E-state index < -0.39 is 0 Å². The Morgan fingerprint density at radius 3 is 2.86 bits per heavy atom. The Morgan fingerprint density at radius 2 is 1.90 bits per heavy atom. The van der Waals surface area contributed by atoms with Gasteiger partial charge in [-0.3, -0.25) is 0 Å². The van der Waals surface area contributed by atoms with E-state index in [-0.39, 0.29) is 12.4 Å². The molecule has 4 rings (SSSR count). The monoisotopic (exact) mass is 298 g/mol. The van der Waals surface area contributed by atoms with Crippen LogP contribution in [0.3, 0.4) is 0 Å². The SMILES string of the molecule is Cl.c1ccc2c(c1)CNCCC2c1ccc2[nH]ccc2c1.